The number of benzene rings is 1. The van der Waals surface area contributed by atoms with Crippen molar-refractivity contribution >= 4 is 17.4 Å². The van der Waals surface area contributed by atoms with Crippen molar-refractivity contribution < 1.29 is 4.79 Å². The molecular formula is C25H33N5O. The van der Waals surface area contributed by atoms with Gasteiger partial charge in [-0.25, -0.2) is 4.98 Å². The molecule has 2 heterocycles. The van der Waals surface area contributed by atoms with Gasteiger partial charge >= 0.3 is 0 Å². The molecule has 1 fully saturated rings. The number of hydrogen-bond donors (Lipinski definition) is 3. The monoisotopic (exact) mass is 419 g/mol. The molecule has 6 heteroatoms. The molecule has 0 aliphatic heterocycles. The van der Waals surface area contributed by atoms with E-state index < -0.39 is 0 Å². The number of imidazole rings is 1. The van der Waals surface area contributed by atoms with Gasteiger partial charge in [0, 0.05) is 25.3 Å². The highest BCUT2D eigenvalue weighted by atomic mass is 16.1. The molecule has 4 rings (SSSR count). The zero-order valence-corrected chi connectivity index (χ0v) is 18.5. The van der Waals surface area contributed by atoms with Crippen LogP contribution in [0.4, 0.5) is 5.82 Å². The number of pyridine rings is 1. The zero-order chi connectivity index (χ0) is 21.8. The summed E-state index contributed by atoms with van der Waals surface area (Å²) in [5.74, 6) is 1.18. The Kier molecular flexibility index (Phi) is 6.56. The zero-order valence-electron chi connectivity index (χ0n) is 18.5. The van der Waals surface area contributed by atoms with Crippen LogP contribution in [0.2, 0.25) is 0 Å². The molecule has 4 N–H and O–H groups in total. The molecule has 2 aromatic heterocycles. The Bertz CT molecular complexity index is 1050. The minimum absolute atomic E-state index is 0.117. The van der Waals surface area contributed by atoms with Crippen LogP contribution in [0.3, 0.4) is 0 Å². The third kappa shape index (κ3) is 4.74. The number of nitrogens with zero attached hydrogens (tertiary/aromatic N) is 2. The molecule has 1 aliphatic rings. The maximum atomic E-state index is 13.1. The summed E-state index contributed by atoms with van der Waals surface area (Å²) in [6.45, 7) is 5.25. The maximum Gasteiger partial charge on any atom is 0.255 e. The Labute approximate surface area is 184 Å². The molecule has 0 saturated heterocycles. The predicted octanol–water partition coefficient (Wildman–Crippen LogP) is 4.59. The lowest BCUT2D eigenvalue weighted by molar-refractivity contribution is 0.0952. The lowest BCUT2D eigenvalue weighted by atomic mass is 9.95. The number of amides is 1. The molecular weight excluding hydrogens is 386 g/mol. The molecule has 31 heavy (non-hydrogen) atoms. The second-order valence-corrected chi connectivity index (χ2v) is 8.80. The molecule has 1 aliphatic carbocycles. The van der Waals surface area contributed by atoms with E-state index >= 15 is 0 Å². The number of aromatic nitrogens is 2. The van der Waals surface area contributed by atoms with E-state index in [0.29, 0.717) is 30.3 Å². The van der Waals surface area contributed by atoms with Crippen LogP contribution in [0.1, 0.15) is 79.0 Å². The van der Waals surface area contributed by atoms with Crippen molar-refractivity contribution in [2.75, 3.05) is 5.32 Å². The Hall–Kier alpha value is -2.86. The fraction of sp³-hybridized carbons (Fsp3) is 0.440. The van der Waals surface area contributed by atoms with Gasteiger partial charge in [-0.2, -0.15) is 0 Å². The fourth-order valence-corrected chi connectivity index (χ4v) is 4.39. The molecule has 0 spiro atoms. The second-order valence-electron chi connectivity index (χ2n) is 8.80. The lowest BCUT2D eigenvalue weighted by Crippen LogP contribution is -2.24. The normalized spacial score (nSPS) is 14.8. The van der Waals surface area contributed by atoms with E-state index in [9.17, 15) is 4.79 Å². The third-order valence-corrected chi connectivity index (χ3v) is 6.09. The van der Waals surface area contributed by atoms with Crippen LogP contribution < -0.4 is 16.4 Å². The molecule has 6 nitrogen and oxygen atoms in total. The van der Waals surface area contributed by atoms with E-state index in [1.54, 1.807) is 0 Å². The minimum atomic E-state index is -0.117. The number of carbonyl (C=O) groups excluding carboxylic acids is 1. The van der Waals surface area contributed by atoms with Gasteiger partial charge in [0.15, 0.2) is 5.65 Å². The SMILES string of the molecule is CC(C)c1nc2c(C(=O)NCc3cccc(CN)c3)cccn2c1NC1CCCCC1. The van der Waals surface area contributed by atoms with Crippen LogP contribution in [0.25, 0.3) is 5.65 Å². The van der Waals surface area contributed by atoms with Crippen LogP contribution in [0, 0.1) is 0 Å². The van der Waals surface area contributed by atoms with E-state index in [1.807, 2.05) is 47.0 Å². The summed E-state index contributed by atoms with van der Waals surface area (Å²) in [5.41, 5.74) is 10.1. The summed E-state index contributed by atoms with van der Waals surface area (Å²) < 4.78 is 2.05. The van der Waals surface area contributed by atoms with Crippen molar-refractivity contribution in [2.45, 2.75) is 71.0 Å². The highest BCUT2D eigenvalue weighted by Crippen LogP contribution is 2.30. The van der Waals surface area contributed by atoms with Crippen molar-refractivity contribution in [2.24, 2.45) is 5.73 Å². The number of rotatable bonds is 7. The number of anilines is 1. The number of carbonyl (C=O) groups is 1. The van der Waals surface area contributed by atoms with E-state index in [1.165, 1.54) is 32.1 Å². The summed E-state index contributed by atoms with van der Waals surface area (Å²) in [7, 11) is 0. The van der Waals surface area contributed by atoms with Gasteiger partial charge in [0.05, 0.1) is 11.3 Å². The lowest BCUT2D eigenvalue weighted by Gasteiger charge is -2.24. The van der Waals surface area contributed by atoms with Crippen LogP contribution >= 0.6 is 0 Å². The van der Waals surface area contributed by atoms with Crippen molar-refractivity contribution in [1.82, 2.24) is 14.7 Å². The van der Waals surface area contributed by atoms with Gasteiger partial charge in [-0.3, -0.25) is 9.20 Å². The Balaban J connectivity index is 1.60. The van der Waals surface area contributed by atoms with Crippen LogP contribution in [-0.4, -0.2) is 21.3 Å². The Morgan fingerprint density at radius 1 is 1.16 bits per heavy atom. The van der Waals surface area contributed by atoms with Gasteiger partial charge in [-0.1, -0.05) is 57.4 Å². The molecule has 0 bridgehead atoms. The van der Waals surface area contributed by atoms with Gasteiger partial charge in [0.25, 0.3) is 5.91 Å². The molecule has 1 aromatic carbocycles. The van der Waals surface area contributed by atoms with E-state index in [0.717, 1.165) is 22.6 Å². The average molecular weight is 420 g/mol. The number of fused-ring (bicyclic) bond motifs is 1. The Morgan fingerprint density at radius 2 is 1.94 bits per heavy atom. The number of hydrogen-bond acceptors (Lipinski definition) is 4. The average Bonchev–Trinajstić information content (AvgIpc) is 3.17. The first-order valence-corrected chi connectivity index (χ1v) is 11.4. The highest BCUT2D eigenvalue weighted by Gasteiger charge is 2.22. The first-order valence-electron chi connectivity index (χ1n) is 11.4. The van der Waals surface area contributed by atoms with E-state index in [4.69, 9.17) is 10.7 Å². The summed E-state index contributed by atoms with van der Waals surface area (Å²) in [5, 5.41) is 6.79. The standard InChI is InChI=1S/C25H33N5O/c1-17(2)22-24(28-20-10-4-3-5-11-20)30-13-7-12-21(23(30)29-22)25(31)27-16-19-9-6-8-18(14-19)15-26/h6-9,12-14,17,20,28H,3-5,10-11,15-16,26H2,1-2H3,(H,27,31). The van der Waals surface area contributed by atoms with Gasteiger partial charge in [-0.05, 0) is 42.0 Å². The fourth-order valence-electron chi connectivity index (χ4n) is 4.39. The van der Waals surface area contributed by atoms with Crippen molar-refractivity contribution in [3.05, 3.63) is 65.0 Å². The van der Waals surface area contributed by atoms with Crippen LogP contribution in [-0.2, 0) is 13.1 Å². The summed E-state index contributed by atoms with van der Waals surface area (Å²) in [6, 6.07) is 12.2. The van der Waals surface area contributed by atoms with E-state index in [-0.39, 0.29) is 11.8 Å². The van der Waals surface area contributed by atoms with Crippen molar-refractivity contribution in [3.63, 3.8) is 0 Å². The molecule has 3 aromatic rings. The maximum absolute atomic E-state index is 13.1. The topological polar surface area (TPSA) is 84.5 Å². The largest absolute Gasteiger partial charge is 0.367 e. The summed E-state index contributed by atoms with van der Waals surface area (Å²) >= 11 is 0. The van der Waals surface area contributed by atoms with Crippen LogP contribution in [0.15, 0.2) is 42.6 Å². The number of nitrogens with two attached hydrogens (primary N) is 1. The number of nitrogens with one attached hydrogen (secondary N) is 2. The summed E-state index contributed by atoms with van der Waals surface area (Å²) in [4.78, 5) is 18.0. The van der Waals surface area contributed by atoms with Crippen molar-refractivity contribution in [3.8, 4) is 0 Å². The first kappa shape index (κ1) is 21.4. The van der Waals surface area contributed by atoms with E-state index in [2.05, 4.69) is 24.5 Å². The predicted molar refractivity (Wildman–Crippen MR) is 125 cm³/mol. The highest BCUT2D eigenvalue weighted by molar-refractivity contribution is 6.00. The van der Waals surface area contributed by atoms with Crippen molar-refractivity contribution in [1.29, 1.82) is 0 Å². The van der Waals surface area contributed by atoms with Gasteiger partial charge in [0.1, 0.15) is 5.82 Å². The minimum Gasteiger partial charge on any atom is -0.367 e. The van der Waals surface area contributed by atoms with Gasteiger partial charge in [0.2, 0.25) is 0 Å². The molecule has 1 saturated carbocycles. The Morgan fingerprint density at radius 3 is 2.68 bits per heavy atom. The third-order valence-electron chi connectivity index (χ3n) is 6.09. The van der Waals surface area contributed by atoms with Crippen LogP contribution in [0.5, 0.6) is 0 Å². The quantitative estimate of drug-likeness (QED) is 0.523. The summed E-state index contributed by atoms with van der Waals surface area (Å²) in [6.07, 6.45) is 8.23. The molecule has 164 valence electrons. The first-order chi connectivity index (χ1) is 15.1. The second kappa shape index (κ2) is 9.52. The molecule has 0 radical (unpaired) electrons. The van der Waals surface area contributed by atoms with Gasteiger partial charge in [-0.15, -0.1) is 0 Å². The molecule has 0 atom stereocenters. The molecule has 1 amide bonds. The molecule has 0 unspecified atom stereocenters. The van der Waals surface area contributed by atoms with Gasteiger partial charge < -0.3 is 16.4 Å². The smallest absolute Gasteiger partial charge is 0.255 e.